The Kier molecular flexibility index (Phi) is 4.26. The summed E-state index contributed by atoms with van der Waals surface area (Å²) >= 11 is 0. The molecule has 7 nitrogen and oxygen atoms in total. The van der Waals surface area contributed by atoms with Crippen LogP contribution in [0, 0.1) is 0 Å². The van der Waals surface area contributed by atoms with Crippen molar-refractivity contribution in [3.63, 3.8) is 0 Å². The third-order valence-corrected chi connectivity index (χ3v) is 6.48. The summed E-state index contributed by atoms with van der Waals surface area (Å²) in [5, 5.41) is 12.1. The highest BCUT2D eigenvalue weighted by molar-refractivity contribution is 5.93. The molecule has 0 saturated carbocycles. The van der Waals surface area contributed by atoms with Crippen LogP contribution in [0.3, 0.4) is 0 Å². The van der Waals surface area contributed by atoms with Gasteiger partial charge in [0.05, 0.1) is 23.5 Å². The Labute approximate surface area is 181 Å². The molecule has 2 aromatic rings. The molecule has 7 heteroatoms. The average Bonchev–Trinajstić information content (AvgIpc) is 3.10. The molecular formula is C24H26N4O3. The number of esters is 1. The van der Waals surface area contributed by atoms with Gasteiger partial charge in [0, 0.05) is 40.0 Å². The SMILES string of the molecule is C=C1C2=C(C=C3c4nc5ccc(N)c(CN(C)C)c5cc4CN13)C(O)(CC)C(=O)OC2. The summed E-state index contributed by atoms with van der Waals surface area (Å²) in [6.07, 6.45) is 2.11. The van der Waals surface area contributed by atoms with Crippen LogP contribution < -0.4 is 5.73 Å². The number of carbonyl (C=O) groups is 1. The van der Waals surface area contributed by atoms with Gasteiger partial charge in [-0.05, 0) is 50.4 Å². The first-order valence-electron chi connectivity index (χ1n) is 10.4. The number of fused-ring (bicyclic) bond motifs is 4. The summed E-state index contributed by atoms with van der Waals surface area (Å²) in [6, 6.07) is 6.00. The van der Waals surface area contributed by atoms with Crippen LogP contribution in [0.1, 0.15) is 30.2 Å². The normalized spacial score (nSPS) is 22.5. The maximum absolute atomic E-state index is 12.4. The van der Waals surface area contributed by atoms with Gasteiger partial charge in [0.15, 0.2) is 5.60 Å². The van der Waals surface area contributed by atoms with Crippen molar-refractivity contribution in [1.82, 2.24) is 14.8 Å². The molecule has 1 aromatic carbocycles. The smallest absolute Gasteiger partial charge is 0.343 e. The molecule has 0 aliphatic carbocycles. The Hall–Kier alpha value is -3.16. The lowest BCUT2D eigenvalue weighted by atomic mass is 9.82. The number of pyridine rings is 1. The van der Waals surface area contributed by atoms with Gasteiger partial charge in [-0.25, -0.2) is 9.78 Å². The minimum atomic E-state index is -1.66. The quantitative estimate of drug-likeness (QED) is 0.585. The molecule has 1 atom stereocenters. The summed E-state index contributed by atoms with van der Waals surface area (Å²) in [4.78, 5) is 21.5. The number of aliphatic hydroxyl groups is 1. The van der Waals surface area contributed by atoms with Gasteiger partial charge >= 0.3 is 5.97 Å². The first-order valence-corrected chi connectivity index (χ1v) is 10.4. The van der Waals surface area contributed by atoms with Crippen LogP contribution in [0.4, 0.5) is 5.69 Å². The predicted molar refractivity (Wildman–Crippen MR) is 119 cm³/mol. The van der Waals surface area contributed by atoms with Gasteiger partial charge in [0.2, 0.25) is 0 Å². The van der Waals surface area contributed by atoms with Crippen LogP contribution in [0.5, 0.6) is 0 Å². The van der Waals surface area contributed by atoms with Gasteiger partial charge in [0.1, 0.15) is 6.61 Å². The summed E-state index contributed by atoms with van der Waals surface area (Å²) in [5.74, 6) is -0.611. The van der Waals surface area contributed by atoms with E-state index in [1.54, 1.807) is 6.92 Å². The lowest BCUT2D eigenvalue weighted by molar-refractivity contribution is -0.162. The number of ether oxygens (including phenoxy) is 1. The Morgan fingerprint density at radius 2 is 2.16 bits per heavy atom. The molecule has 5 rings (SSSR count). The van der Waals surface area contributed by atoms with Crippen LogP contribution in [-0.4, -0.2) is 52.2 Å². The molecule has 0 bridgehead atoms. The second-order valence-corrected chi connectivity index (χ2v) is 8.68. The number of nitrogens with zero attached hydrogens (tertiary/aromatic N) is 3. The fourth-order valence-corrected chi connectivity index (χ4v) is 4.74. The van der Waals surface area contributed by atoms with Crippen LogP contribution >= 0.6 is 0 Å². The number of aromatic nitrogens is 1. The zero-order valence-electron chi connectivity index (χ0n) is 18.0. The Morgan fingerprint density at radius 1 is 1.39 bits per heavy atom. The molecule has 4 heterocycles. The van der Waals surface area contributed by atoms with Crippen LogP contribution in [0.2, 0.25) is 0 Å². The molecule has 0 fully saturated rings. The van der Waals surface area contributed by atoms with Crippen molar-refractivity contribution >= 4 is 28.3 Å². The summed E-state index contributed by atoms with van der Waals surface area (Å²) in [7, 11) is 4.03. The van der Waals surface area contributed by atoms with Crippen molar-refractivity contribution in [2.75, 3.05) is 26.4 Å². The maximum atomic E-state index is 12.4. The third kappa shape index (κ3) is 2.73. The first-order chi connectivity index (χ1) is 14.7. The van der Waals surface area contributed by atoms with Crippen molar-refractivity contribution < 1.29 is 14.6 Å². The van der Waals surface area contributed by atoms with E-state index in [1.165, 1.54) is 0 Å². The van der Waals surface area contributed by atoms with Gasteiger partial charge < -0.3 is 25.4 Å². The second-order valence-electron chi connectivity index (χ2n) is 8.68. The van der Waals surface area contributed by atoms with Crippen molar-refractivity contribution in [2.24, 2.45) is 0 Å². The second kappa shape index (κ2) is 6.67. The molecule has 160 valence electrons. The number of nitrogen functional groups attached to an aromatic ring is 1. The molecule has 3 N–H and O–H groups in total. The molecule has 3 aliphatic heterocycles. The number of cyclic esters (lactones) is 1. The number of nitrogens with two attached hydrogens (primary N) is 1. The fourth-order valence-electron chi connectivity index (χ4n) is 4.74. The van der Waals surface area contributed by atoms with E-state index in [0.29, 0.717) is 12.1 Å². The molecule has 3 aliphatic rings. The first kappa shape index (κ1) is 19.8. The number of benzene rings is 1. The topological polar surface area (TPSA) is 91.9 Å². The number of carbonyl (C=O) groups excluding carboxylic acids is 1. The highest BCUT2D eigenvalue weighted by Gasteiger charge is 2.47. The van der Waals surface area contributed by atoms with E-state index < -0.39 is 11.6 Å². The van der Waals surface area contributed by atoms with E-state index in [9.17, 15) is 9.90 Å². The van der Waals surface area contributed by atoms with Gasteiger partial charge in [-0.1, -0.05) is 13.5 Å². The molecule has 0 amide bonds. The van der Waals surface area contributed by atoms with Crippen molar-refractivity contribution in [2.45, 2.75) is 32.0 Å². The molecule has 0 saturated heterocycles. The van der Waals surface area contributed by atoms with E-state index in [1.807, 2.05) is 32.3 Å². The highest BCUT2D eigenvalue weighted by atomic mass is 16.6. The zero-order chi connectivity index (χ0) is 22.1. The standard InChI is InChI=1S/C24H26N4O3/c1-5-24(30)18-9-21-22-14(10-28(21)13(2)17(18)12-31-23(24)29)8-15-16(11-27(3)4)19(25)6-7-20(15)26-22/h6-9,30H,2,5,10-12,25H2,1,3-4H3. The Balaban J connectivity index is 1.69. The number of hydrogen-bond donors (Lipinski definition) is 2. The Bertz CT molecular complexity index is 1230. The van der Waals surface area contributed by atoms with Gasteiger partial charge in [-0.3, -0.25) is 0 Å². The number of anilines is 1. The fraction of sp³-hybridized carbons (Fsp3) is 0.333. The van der Waals surface area contributed by atoms with Gasteiger partial charge in [-0.15, -0.1) is 0 Å². The lowest BCUT2D eigenvalue weighted by Crippen LogP contribution is -2.47. The van der Waals surface area contributed by atoms with Crippen LogP contribution in [0.15, 0.2) is 47.7 Å². The third-order valence-electron chi connectivity index (χ3n) is 6.48. The molecule has 1 aromatic heterocycles. The number of rotatable bonds is 3. The van der Waals surface area contributed by atoms with Crippen LogP contribution in [-0.2, 0) is 22.6 Å². The summed E-state index contributed by atoms with van der Waals surface area (Å²) in [5.41, 5.74) is 12.1. The van der Waals surface area contributed by atoms with E-state index in [-0.39, 0.29) is 13.0 Å². The lowest BCUT2D eigenvalue weighted by Gasteiger charge is -2.39. The van der Waals surface area contributed by atoms with E-state index in [0.717, 1.165) is 56.9 Å². The Morgan fingerprint density at radius 3 is 2.87 bits per heavy atom. The minimum Gasteiger partial charge on any atom is -0.458 e. The summed E-state index contributed by atoms with van der Waals surface area (Å²) in [6.45, 7) is 7.49. The molecular weight excluding hydrogens is 392 g/mol. The molecule has 0 radical (unpaired) electrons. The monoisotopic (exact) mass is 418 g/mol. The average molecular weight is 418 g/mol. The predicted octanol–water partition coefficient (Wildman–Crippen LogP) is 2.56. The maximum Gasteiger partial charge on any atom is 0.343 e. The van der Waals surface area contributed by atoms with Crippen LogP contribution in [0.25, 0.3) is 16.6 Å². The molecule has 0 spiro atoms. The largest absolute Gasteiger partial charge is 0.458 e. The number of hydrogen-bond acceptors (Lipinski definition) is 7. The van der Waals surface area contributed by atoms with Gasteiger partial charge in [0.25, 0.3) is 0 Å². The van der Waals surface area contributed by atoms with Crippen molar-refractivity contribution in [1.29, 1.82) is 0 Å². The minimum absolute atomic E-state index is 0.116. The molecule has 1 unspecified atom stereocenters. The van der Waals surface area contributed by atoms with E-state index in [4.69, 9.17) is 15.5 Å². The van der Waals surface area contributed by atoms with Crippen molar-refractivity contribution in [3.8, 4) is 0 Å². The summed E-state index contributed by atoms with van der Waals surface area (Å²) < 4.78 is 5.28. The van der Waals surface area contributed by atoms with Crippen molar-refractivity contribution in [3.05, 3.63) is 64.5 Å². The van der Waals surface area contributed by atoms with E-state index in [2.05, 4.69) is 22.4 Å². The highest BCUT2D eigenvalue weighted by Crippen LogP contribution is 2.46. The molecule has 31 heavy (non-hydrogen) atoms. The van der Waals surface area contributed by atoms with E-state index >= 15 is 0 Å². The zero-order valence-corrected chi connectivity index (χ0v) is 18.0. The van der Waals surface area contributed by atoms with Gasteiger partial charge in [-0.2, -0.15) is 0 Å².